The number of nitrogens with two attached hydrogens (primary N) is 1. The molecule has 2 aromatic rings. The topological polar surface area (TPSA) is 181 Å². The second-order valence-corrected chi connectivity index (χ2v) is 11.8. The van der Waals surface area contributed by atoms with Gasteiger partial charge in [-0.3, -0.25) is 28.5 Å². The summed E-state index contributed by atoms with van der Waals surface area (Å²) in [7, 11) is -2.83. The lowest BCUT2D eigenvalue weighted by Gasteiger charge is -2.19. The predicted molar refractivity (Wildman–Crippen MR) is 151 cm³/mol. The normalized spacial score (nSPS) is 19.3. The second kappa shape index (κ2) is 14.0. The average Bonchev–Trinajstić information content (AvgIpc) is 3.43. The van der Waals surface area contributed by atoms with Gasteiger partial charge in [0.2, 0.25) is 5.95 Å². The maximum Gasteiger partial charge on any atom is 0.323 e. The summed E-state index contributed by atoms with van der Waals surface area (Å²) >= 11 is 0. The van der Waals surface area contributed by atoms with E-state index in [1.165, 1.54) is 6.33 Å². The molecule has 0 aromatic carbocycles. The largest absolute Gasteiger partial charge is 0.464 e. The summed E-state index contributed by atoms with van der Waals surface area (Å²) in [6.45, 7) is 9.57. The number of hydrogen-bond acceptors (Lipinski definition) is 10. The lowest BCUT2D eigenvalue weighted by Crippen LogP contribution is -2.32. The van der Waals surface area contributed by atoms with Crippen molar-refractivity contribution in [2.24, 2.45) is 17.3 Å². The Morgan fingerprint density at radius 3 is 2.55 bits per heavy atom. The van der Waals surface area contributed by atoms with Gasteiger partial charge >= 0.3 is 11.9 Å². The highest BCUT2D eigenvalue weighted by Gasteiger charge is 2.51. The molecule has 40 heavy (non-hydrogen) atoms. The highest BCUT2D eigenvalue weighted by Crippen LogP contribution is 2.54. The van der Waals surface area contributed by atoms with Crippen molar-refractivity contribution in [3.05, 3.63) is 22.3 Å². The lowest BCUT2D eigenvalue weighted by atomic mass is 9.99. The number of H-pyrrole nitrogens is 1. The van der Waals surface area contributed by atoms with Gasteiger partial charge < -0.3 is 19.7 Å². The number of carbonyl (C=O) groups is 2. The number of aromatic nitrogens is 4. The molecular weight excluding hydrogens is 539 g/mol. The molecule has 3 atom stereocenters. The van der Waals surface area contributed by atoms with Crippen molar-refractivity contribution in [1.29, 1.82) is 0 Å². The van der Waals surface area contributed by atoms with Gasteiger partial charge in [-0.2, -0.15) is 4.98 Å². The van der Waals surface area contributed by atoms with Crippen LogP contribution in [0.15, 0.2) is 16.7 Å². The third-order valence-corrected chi connectivity index (χ3v) is 7.89. The van der Waals surface area contributed by atoms with Gasteiger partial charge in [-0.1, -0.05) is 40.5 Å². The molecule has 0 saturated heterocycles. The van der Waals surface area contributed by atoms with Gasteiger partial charge in [0.1, 0.15) is 19.0 Å². The van der Waals surface area contributed by atoms with E-state index >= 15 is 0 Å². The third kappa shape index (κ3) is 8.25. The van der Waals surface area contributed by atoms with Crippen LogP contribution in [0.5, 0.6) is 0 Å². The number of imidazole rings is 1. The van der Waals surface area contributed by atoms with E-state index in [9.17, 15) is 18.9 Å². The van der Waals surface area contributed by atoms with Gasteiger partial charge in [0, 0.05) is 6.20 Å². The van der Waals surface area contributed by atoms with Gasteiger partial charge in [0.25, 0.3) is 13.7 Å². The first-order chi connectivity index (χ1) is 19.0. The van der Waals surface area contributed by atoms with Crippen molar-refractivity contribution in [3.8, 4) is 0 Å². The molecule has 222 valence electrons. The quantitative estimate of drug-likeness (QED) is 0.196. The van der Waals surface area contributed by atoms with Crippen LogP contribution >= 0.6 is 8.18 Å². The smallest absolute Gasteiger partial charge is 0.323 e. The van der Waals surface area contributed by atoms with Crippen molar-refractivity contribution >= 4 is 43.4 Å². The number of nitrogens with one attached hydrogen (secondary N) is 2. The number of nitrogen functional groups attached to an aromatic ring is 1. The zero-order chi connectivity index (χ0) is 29.4. The van der Waals surface area contributed by atoms with E-state index in [0.29, 0.717) is 18.9 Å². The SMILES string of the molecule is CCCC(CCC)COC(=O)[C@H](C)N[PH](=O)OC[C@@]1(COC(=O)C(C)C)C/C1=C/n1cnc2c(=O)[nH]c(N)nc21. The molecule has 14 heteroatoms. The molecule has 1 aliphatic carbocycles. The van der Waals surface area contributed by atoms with Crippen LogP contribution in [-0.2, 0) is 28.2 Å². The number of hydrogen-bond donors (Lipinski definition) is 3. The van der Waals surface area contributed by atoms with E-state index < -0.39 is 31.2 Å². The number of ether oxygens (including phenoxy) is 2. The molecule has 1 saturated carbocycles. The summed E-state index contributed by atoms with van der Waals surface area (Å²) < 4.78 is 30.9. The minimum Gasteiger partial charge on any atom is -0.464 e. The van der Waals surface area contributed by atoms with Crippen LogP contribution in [0.2, 0.25) is 0 Å². The number of rotatable bonds is 16. The molecule has 1 unspecified atom stereocenters. The Morgan fingerprint density at radius 1 is 1.20 bits per heavy atom. The Labute approximate surface area is 234 Å². The molecule has 1 aliphatic rings. The number of fused-ring (bicyclic) bond motifs is 1. The first-order valence-electron chi connectivity index (χ1n) is 13.7. The summed E-state index contributed by atoms with van der Waals surface area (Å²) in [5.74, 6) is -0.905. The average molecular weight is 581 g/mol. The fourth-order valence-corrected chi connectivity index (χ4v) is 5.31. The number of nitrogens with zero attached hydrogens (tertiary/aromatic N) is 3. The van der Waals surface area contributed by atoms with Gasteiger partial charge in [0.05, 0.1) is 24.5 Å². The summed E-state index contributed by atoms with van der Waals surface area (Å²) in [4.78, 5) is 47.4. The lowest BCUT2D eigenvalue weighted by molar-refractivity contribution is -0.149. The standard InChI is InChI=1S/C26H41N6O7P/c1-6-8-18(9-7-2)12-37-24(35)17(5)31-40(36)39-14-26(13-38-23(34)16(3)4)10-19(26)11-32-15-28-20-21(32)29-25(27)30-22(20)33/h11,15-18,40H,6-10,12-14H2,1-5H3,(H,31,36)(H3,27,29,30,33)/b19-11-/t17-,26-/m0/s1. The van der Waals surface area contributed by atoms with Crippen molar-refractivity contribution in [2.75, 3.05) is 25.6 Å². The molecule has 2 heterocycles. The molecule has 0 radical (unpaired) electrons. The monoisotopic (exact) mass is 580 g/mol. The summed E-state index contributed by atoms with van der Waals surface area (Å²) in [5, 5.41) is 2.69. The molecule has 0 bridgehead atoms. The van der Waals surface area contributed by atoms with Crippen molar-refractivity contribution in [2.45, 2.75) is 72.8 Å². The zero-order valence-electron chi connectivity index (χ0n) is 23.8. The highest BCUT2D eigenvalue weighted by atomic mass is 31.1. The van der Waals surface area contributed by atoms with Crippen LogP contribution in [0.1, 0.15) is 66.7 Å². The van der Waals surface area contributed by atoms with E-state index in [-0.39, 0.29) is 42.2 Å². The molecule has 0 amide bonds. The first kappa shape index (κ1) is 31.5. The van der Waals surface area contributed by atoms with Crippen molar-refractivity contribution in [3.63, 3.8) is 0 Å². The second-order valence-electron chi connectivity index (χ2n) is 10.7. The minimum atomic E-state index is -2.83. The molecule has 3 rings (SSSR count). The Balaban J connectivity index is 1.65. The number of carbonyl (C=O) groups excluding carboxylic acids is 2. The molecule has 2 aromatic heterocycles. The van der Waals surface area contributed by atoms with Gasteiger partial charge in [-0.05, 0) is 37.7 Å². The maximum atomic E-state index is 12.7. The molecular formula is C26H41N6O7P. The highest BCUT2D eigenvalue weighted by molar-refractivity contribution is 7.36. The fraction of sp³-hybridized carbons (Fsp3) is 0.654. The van der Waals surface area contributed by atoms with Gasteiger partial charge in [-0.25, -0.2) is 10.1 Å². The number of esters is 2. The zero-order valence-corrected chi connectivity index (χ0v) is 24.8. The number of aromatic amines is 1. The van der Waals surface area contributed by atoms with Crippen molar-refractivity contribution < 1.29 is 28.2 Å². The molecule has 4 N–H and O–H groups in total. The fourth-order valence-electron chi connectivity index (χ4n) is 4.35. The maximum absolute atomic E-state index is 12.7. The molecule has 1 fully saturated rings. The van der Waals surface area contributed by atoms with Gasteiger partial charge in [0.15, 0.2) is 11.2 Å². The Kier molecular flexibility index (Phi) is 11.1. The molecule has 13 nitrogen and oxygen atoms in total. The third-order valence-electron chi connectivity index (χ3n) is 6.82. The van der Waals surface area contributed by atoms with E-state index in [2.05, 4.69) is 33.9 Å². The molecule has 0 spiro atoms. The van der Waals surface area contributed by atoms with E-state index in [4.69, 9.17) is 19.7 Å². The minimum absolute atomic E-state index is 0.0155. The summed E-state index contributed by atoms with van der Waals surface area (Å²) in [5.41, 5.74) is 5.73. The van der Waals surface area contributed by atoms with Crippen LogP contribution in [-0.4, -0.2) is 57.3 Å². The van der Waals surface area contributed by atoms with Crippen molar-refractivity contribution in [1.82, 2.24) is 24.6 Å². The van der Waals surface area contributed by atoms with Crippen LogP contribution < -0.4 is 16.4 Å². The summed E-state index contributed by atoms with van der Waals surface area (Å²) in [6.07, 6.45) is 7.64. The van der Waals surface area contributed by atoms with Gasteiger partial charge in [-0.15, -0.1) is 0 Å². The van der Waals surface area contributed by atoms with E-state index in [0.717, 1.165) is 31.3 Å². The Morgan fingerprint density at radius 2 is 1.90 bits per heavy atom. The number of anilines is 1. The van der Waals surface area contributed by atoms with Crippen LogP contribution in [0.3, 0.4) is 0 Å². The van der Waals surface area contributed by atoms with Crippen LogP contribution in [0, 0.1) is 17.3 Å². The first-order valence-corrected chi connectivity index (χ1v) is 15.0. The Hall–Kier alpha value is -3.02. The van der Waals surface area contributed by atoms with E-state index in [1.807, 2.05) is 0 Å². The molecule has 0 aliphatic heterocycles. The predicted octanol–water partition coefficient (Wildman–Crippen LogP) is 3.28. The summed E-state index contributed by atoms with van der Waals surface area (Å²) in [6, 6.07) is -0.814. The Bertz CT molecular complexity index is 1300. The van der Waals surface area contributed by atoms with Crippen LogP contribution in [0.25, 0.3) is 17.4 Å². The van der Waals surface area contributed by atoms with Crippen LogP contribution in [0.4, 0.5) is 5.95 Å². The van der Waals surface area contributed by atoms with E-state index in [1.54, 1.807) is 31.5 Å².